The topological polar surface area (TPSA) is 77.4 Å². The molecule has 1 atom stereocenters. The van der Waals surface area contributed by atoms with E-state index in [1.54, 1.807) is 17.9 Å². The summed E-state index contributed by atoms with van der Waals surface area (Å²) in [4.78, 5) is 27.5. The first-order valence-corrected chi connectivity index (χ1v) is 8.28. The van der Waals surface area contributed by atoms with Crippen molar-refractivity contribution in [2.75, 3.05) is 20.2 Å². The van der Waals surface area contributed by atoms with Crippen molar-refractivity contribution in [1.29, 1.82) is 0 Å². The highest BCUT2D eigenvalue weighted by Gasteiger charge is 2.28. The van der Waals surface area contributed by atoms with Crippen LogP contribution in [0.5, 0.6) is 11.8 Å². The quantitative estimate of drug-likeness (QED) is 0.850. The van der Waals surface area contributed by atoms with Gasteiger partial charge in [0.1, 0.15) is 11.0 Å². The maximum atomic E-state index is 12.6. The number of piperidine rings is 1. The van der Waals surface area contributed by atoms with Crippen LogP contribution in [-0.4, -0.2) is 52.1 Å². The maximum Gasteiger partial charge on any atom is 0.278 e. The van der Waals surface area contributed by atoms with E-state index in [4.69, 9.17) is 9.47 Å². The van der Waals surface area contributed by atoms with Crippen molar-refractivity contribution in [1.82, 2.24) is 19.9 Å². The average molecular weight is 334 g/mol. The molecule has 0 radical (unpaired) electrons. The van der Waals surface area contributed by atoms with Crippen molar-refractivity contribution in [3.63, 3.8) is 0 Å². The van der Waals surface area contributed by atoms with Crippen molar-refractivity contribution in [2.24, 2.45) is 0 Å². The van der Waals surface area contributed by atoms with Crippen molar-refractivity contribution in [3.8, 4) is 11.8 Å². The van der Waals surface area contributed by atoms with Gasteiger partial charge in [0.25, 0.3) is 17.7 Å². The van der Waals surface area contributed by atoms with Crippen LogP contribution in [0.2, 0.25) is 0 Å². The largest absolute Gasteiger partial charge is 0.477 e. The standard InChI is InChI=1S/C15H18N4O3S/c1-10-12(23-9-18-10)15(20)19-7-3-4-11(8-19)22-14-13(21-2)16-5-6-17-14/h5-6,9,11H,3-4,7-8H2,1-2H3. The van der Waals surface area contributed by atoms with Gasteiger partial charge in [0, 0.05) is 18.9 Å². The average Bonchev–Trinajstić information content (AvgIpc) is 3.01. The van der Waals surface area contributed by atoms with Gasteiger partial charge in [-0.25, -0.2) is 15.0 Å². The fourth-order valence-electron chi connectivity index (χ4n) is 2.56. The minimum atomic E-state index is -0.119. The number of carbonyl (C=O) groups excluding carboxylic acids is 1. The van der Waals surface area contributed by atoms with Crippen LogP contribution in [0.15, 0.2) is 17.9 Å². The Balaban J connectivity index is 1.69. The molecule has 3 heterocycles. The molecule has 3 rings (SSSR count). The summed E-state index contributed by atoms with van der Waals surface area (Å²) in [6.07, 6.45) is 4.74. The van der Waals surface area contributed by atoms with Crippen LogP contribution < -0.4 is 9.47 Å². The molecule has 122 valence electrons. The monoisotopic (exact) mass is 334 g/mol. The van der Waals surface area contributed by atoms with Crippen LogP contribution in [0.25, 0.3) is 0 Å². The van der Waals surface area contributed by atoms with Crippen molar-refractivity contribution >= 4 is 17.2 Å². The number of aryl methyl sites for hydroxylation is 1. The van der Waals surface area contributed by atoms with Crippen LogP contribution in [0.4, 0.5) is 0 Å². The van der Waals surface area contributed by atoms with E-state index in [9.17, 15) is 4.79 Å². The molecule has 23 heavy (non-hydrogen) atoms. The van der Waals surface area contributed by atoms with Gasteiger partial charge in [0.2, 0.25) is 0 Å². The van der Waals surface area contributed by atoms with Gasteiger partial charge in [-0.3, -0.25) is 4.79 Å². The fourth-order valence-corrected chi connectivity index (χ4v) is 3.33. The van der Waals surface area contributed by atoms with Gasteiger partial charge in [-0.1, -0.05) is 0 Å². The molecule has 1 amide bonds. The lowest BCUT2D eigenvalue weighted by atomic mass is 10.1. The summed E-state index contributed by atoms with van der Waals surface area (Å²) in [5.41, 5.74) is 2.48. The molecule has 1 aliphatic rings. The molecule has 1 unspecified atom stereocenters. The number of thiazole rings is 1. The molecule has 0 aromatic carbocycles. The zero-order valence-corrected chi connectivity index (χ0v) is 13.9. The van der Waals surface area contributed by atoms with Crippen LogP contribution in [0.1, 0.15) is 28.2 Å². The van der Waals surface area contributed by atoms with Gasteiger partial charge in [-0.15, -0.1) is 11.3 Å². The Kier molecular flexibility index (Phi) is 4.71. The normalized spacial score (nSPS) is 17.8. The van der Waals surface area contributed by atoms with E-state index in [-0.39, 0.29) is 12.0 Å². The molecule has 1 saturated heterocycles. The van der Waals surface area contributed by atoms with Crippen LogP contribution in [-0.2, 0) is 0 Å². The molecule has 0 spiro atoms. The highest BCUT2D eigenvalue weighted by atomic mass is 32.1. The molecule has 0 saturated carbocycles. The second kappa shape index (κ2) is 6.91. The first-order chi connectivity index (χ1) is 11.2. The molecule has 2 aromatic heterocycles. The number of aromatic nitrogens is 3. The highest BCUT2D eigenvalue weighted by Crippen LogP contribution is 2.25. The number of carbonyl (C=O) groups is 1. The van der Waals surface area contributed by atoms with E-state index < -0.39 is 0 Å². The zero-order chi connectivity index (χ0) is 16.2. The Hall–Kier alpha value is -2.22. The van der Waals surface area contributed by atoms with E-state index >= 15 is 0 Å². The van der Waals surface area contributed by atoms with Crippen LogP contribution >= 0.6 is 11.3 Å². The van der Waals surface area contributed by atoms with Gasteiger partial charge >= 0.3 is 0 Å². The van der Waals surface area contributed by atoms with Crippen LogP contribution in [0.3, 0.4) is 0 Å². The first kappa shape index (κ1) is 15.7. The van der Waals surface area contributed by atoms with Gasteiger partial charge in [0.05, 0.1) is 24.9 Å². The summed E-state index contributed by atoms with van der Waals surface area (Å²) in [6.45, 7) is 3.11. The number of hydrogen-bond acceptors (Lipinski definition) is 7. The number of hydrogen-bond donors (Lipinski definition) is 0. The Morgan fingerprint density at radius 1 is 1.30 bits per heavy atom. The number of rotatable bonds is 4. The van der Waals surface area contributed by atoms with Crippen molar-refractivity contribution < 1.29 is 14.3 Å². The van der Waals surface area contributed by atoms with E-state index in [1.165, 1.54) is 18.4 Å². The van der Waals surface area contributed by atoms with Crippen LogP contribution in [0, 0.1) is 6.92 Å². The number of likely N-dealkylation sites (tertiary alicyclic amines) is 1. The summed E-state index contributed by atoms with van der Waals surface area (Å²) < 4.78 is 11.1. The third-order valence-corrected chi connectivity index (χ3v) is 4.63. The zero-order valence-electron chi connectivity index (χ0n) is 13.1. The summed E-state index contributed by atoms with van der Waals surface area (Å²) in [6, 6.07) is 0. The molecule has 1 fully saturated rings. The lowest BCUT2D eigenvalue weighted by Gasteiger charge is -2.32. The SMILES string of the molecule is COc1nccnc1OC1CCCN(C(=O)c2scnc2C)C1. The molecule has 0 bridgehead atoms. The van der Waals surface area contributed by atoms with Gasteiger partial charge in [-0.2, -0.15) is 0 Å². The minimum Gasteiger partial charge on any atom is -0.477 e. The molecule has 7 nitrogen and oxygen atoms in total. The van der Waals surface area contributed by atoms with E-state index in [2.05, 4.69) is 15.0 Å². The van der Waals surface area contributed by atoms with Gasteiger partial charge in [0.15, 0.2) is 0 Å². The molecule has 1 aliphatic heterocycles. The summed E-state index contributed by atoms with van der Waals surface area (Å²) in [7, 11) is 1.53. The second-order valence-corrected chi connectivity index (χ2v) is 6.13. The maximum absolute atomic E-state index is 12.6. The number of amides is 1. The first-order valence-electron chi connectivity index (χ1n) is 7.40. The third-order valence-electron chi connectivity index (χ3n) is 3.71. The fraction of sp³-hybridized carbons (Fsp3) is 0.467. The minimum absolute atomic E-state index is 0.0180. The van der Waals surface area contributed by atoms with E-state index in [0.29, 0.717) is 23.2 Å². The molecule has 8 heteroatoms. The van der Waals surface area contributed by atoms with E-state index in [0.717, 1.165) is 25.1 Å². The lowest BCUT2D eigenvalue weighted by molar-refractivity contribution is 0.0522. The van der Waals surface area contributed by atoms with E-state index in [1.807, 2.05) is 11.8 Å². The van der Waals surface area contributed by atoms with Crippen molar-refractivity contribution in [3.05, 3.63) is 28.5 Å². The Morgan fingerprint density at radius 3 is 2.78 bits per heavy atom. The third kappa shape index (κ3) is 3.42. The number of nitrogens with zero attached hydrogens (tertiary/aromatic N) is 4. The Morgan fingerprint density at radius 2 is 2.09 bits per heavy atom. The predicted molar refractivity (Wildman–Crippen MR) is 85.0 cm³/mol. The Bertz CT molecular complexity index is 691. The molecular formula is C15H18N4O3S. The molecule has 0 N–H and O–H groups in total. The predicted octanol–water partition coefficient (Wildman–Crippen LogP) is 1.93. The molecule has 2 aromatic rings. The number of methoxy groups -OCH3 is 1. The van der Waals surface area contributed by atoms with Crippen molar-refractivity contribution in [2.45, 2.75) is 25.9 Å². The second-order valence-electron chi connectivity index (χ2n) is 5.27. The number of ether oxygens (including phenoxy) is 2. The molecule has 0 aliphatic carbocycles. The highest BCUT2D eigenvalue weighted by molar-refractivity contribution is 7.11. The van der Waals surface area contributed by atoms with Gasteiger partial charge in [-0.05, 0) is 19.8 Å². The smallest absolute Gasteiger partial charge is 0.278 e. The molecular weight excluding hydrogens is 316 g/mol. The summed E-state index contributed by atoms with van der Waals surface area (Å²) >= 11 is 1.38. The summed E-state index contributed by atoms with van der Waals surface area (Å²) in [5, 5.41) is 0. The lowest BCUT2D eigenvalue weighted by Crippen LogP contribution is -2.44. The Labute approximate surface area is 138 Å². The van der Waals surface area contributed by atoms with Gasteiger partial charge < -0.3 is 14.4 Å². The summed E-state index contributed by atoms with van der Waals surface area (Å²) in [5.74, 6) is 0.738.